The topological polar surface area (TPSA) is 85.9 Å². The Hall–Kier alpha value is -3.80. The number of ether oxygens (including phenoxy) is 2. The van der Waals surface area contributed by atoms with Crippen molar-refractivity contribution < 1.29 is 27.6 Å². The number of halogens is 3. The molecule has 0 spiro atoms. The van der Waals surface area contributed by atoms with Gasteiger partial charge in [-0.3, -0.25) is 9.47 Å². The van der Waals surface area contributed by atoms with E-state index in [2.05, 4.69) is 14.8 Å². The summed E-state index contributed by atoms with van der Waals surface area (Å²) in [5, 5.41) is 10.9. The van der Waals surface area contributed by atoms with Gasteiger partial charge in [-0.15, -0.1) is 0 Å². The van der Waals surface area contributed by atoms with Crippen LogP contribution in [0.15, 0.2) is 54.7 Å². The number of alkyl halides is 3. The normalized spacial score (nSPS) is 19.9. The van der Waals surface area contributed by atoms with Crippen LogP contribution in [0, 0.1) is 10.1 Å². The van der Waals surface area contributed by atoms with Crippen LogP contribution in [-0.2, 0) is 19.3 Å². The van der Waals surface area contributed by atoms with Crippen molar-refractivity contribution in [2.45, 2.75) is 31.8 Å². The first kappa shape index (κ1) is 24.9. The Kier molecular flexibility index (Phi) is 6.44. The molecule has 3 heterocycles. The number of nitro groups is 1. The fourth-order valence-corrected chi connectivity index (χ4v) is 4.57. The predicted octanol–water partition coefficient (Wildman–Crippen LogP) is 4.36. The van der Waals surface area contributed by atoms with Gasteiger partial charge in [-0.2, -0.15) is 13.2 Å². The van der Waals surface area contributed by atoms with Gasteiger partial charge in [0, 0.05) is 43.4 Å². The molecule has 5 rings (SSSR count). The zero-order chi connectivity index (χ0) is 26.2. The van der Waals surface area contributed by atoms with E-state index in [1.807, 2.05) is 31.2 Å². The highest BCUT2D eigenvalue weighted by molar-refractivity contribution is 5.49. The summed E-state index contributed by atoms with van der Waals surface area (Å²) in [6.07, 6.45) is -2.96. The maximum atomic E-state index is 12.8. The van der Waals surface area contributed by atoms with E-state index >= 15 is 0 Å². The van der Waals surface area contributed by atoms with Crippen molar-refractivity contribution in [1.82, 2.24) is 14.5 Å². The number of hydrogen-bond donors (Lipinski definition) is 0. The fourth-order valence-electron chi connectivity index (χ4n) is 4.57. The van der Waals surface area contributed by atoms with Crippen molar-refractivity contribution in [2.24, 2.45) is 0 Å². The molecule has 2 aliphatic rings. The molecule has 0 saturated carbocycles. The Morgan fingerprint density at radius 3 is 2.35 bits per heavy atom. The monoisotopic (exact) mass is 517 g/mol. The molecule has 1 fully saturated rings. The number of aromatic nitrogens is 2. The molecular weight excluding hydrogens is 491 g/mol. The zero-order valence-electron chi connectivity index (χ0n) is 20.1. The van der Waals surface area contributed by atoms with Crippen LogP contribution in [-0.4, -0.2) is 57.8 Å². The molecule has 12 heteroatoms. The highest BCUT2D eigenvalue weighted by Crippen LogP contribution is 2.32. The van der Waals surface area contributed by atoms with Crippen molar-refractivity contribution >= 4 is 11.5 Å². The van der Waals surface area contributed by atoms with Crippen LogP contribution >= 0.6 is 0 Å². The molecule has 196 valence electrons. The average molecular weight is 518 g/mol. The first-order valence-corrected chi connectivity index (χ1v) is 11.8. The summed E-state index contributed by atoms with van der Waals surface area (Å²) in [6, 6.07) is 13.3. The molecule has 0 bridgehead atoms. The number of fused-ring (bicyclic) bond motifs is 1. The lowest BCUT2D eigenvalue weighted by atomic mass is 10.1. The Balaban J connectivity index is 1.09. The number of imidazole rings is 1. The smallest absolute Gasteiger partial charge is 0.416 e. The summed E-state index contributed by atoms with van der Waals surface area (Å²) < 4.78 is 51.6. The van der Waals surface area contributed by atoms with Crippen molar-refractivity contribution in [3.63, 3.8) is 0 Å². The van der Waals surface area contributed by atoms with Crippen molar-refractivity contribution in [3.8, 4) is 11.8 Å². The van der Waals surface area contributed by atoms with Crippen LogP contribution in [0.3, 0.4) is 0 Å². The SMILES string of the molecule is CC1(COc2ccc(N3CCN(Cc4ccc(C(F)(F)F)cc4)CC3)cc2)Cn2cc([N+](=O)[O-])nc2O1. The third-order valence-corrected chi connectivity index (χ3v) is 6.56. The number of rotatable bonds is 7. The zero-order valence-corrected chi connectivity index (χ0v) is 20.1. The lowest BCUT2D eigenvalue weighted by Crippen LogP contribution is -2.45. The fraction of sp³-hybridized carbons (Fsp3) is 0.400. The highest BCUT2D eigenvalue weighted by Gasteiger charge is 2.41. The molecule has 1 unspecified atom stereocenters. The van der Waals surface area contributed by atoms with E-state index in [0.717, 1.165) is 49.6 Å². The first-order chi connectivity index (χ1) is 17.6. The average Bonchev–Trinajstić information content (AvgIpc) is 3.39. The molecule has 9 nitrogen and oxygen atoms in total. The third kappa shape index (κ3) is 5.63. The van der Waals surface area contributed by atoms with E-state index in [9.17, 15) is 23.3 Å². The molecule has 1 aromatic heterocycles. The summed E-state index contributed by atoms with van der Waals surface area (Å²) in [7, 11) is 0. The van der Waals surface area contributed by atoms with Crippen molar-refractivity contribution in [3.05, 3.63) is 76.0 Å². The van der Waals surface area contributed by atoms with E-state index in [-0.39, 0.29) is 18.4 Å². The first-order valence-electron chi connectivity index (χ1n) is 11.8. The Labute approximate surface area is 211 Å². The molecular formula is C25H26F3N5O4. The van der Waals surface area contributed by atoms with E-state index in [1.54, 1.807) is 16.7 Å². The van der Waals surface area contributed by atoms with E-state index in [1.165, 1.54) is 6.20 Å². The van der Waals surface area contributed by atoms with E-state index in [0.29, 0.717) is 18.8 Å². The number of benzene rings is 2. The van der Waals surface area contributed by atoms with E-state index < -0.39 is 22.3 Å². The van der Waals surface area contributed by atoms with Crippen molar-refractivity contribution in [1.29, 1.82) is 0 Å². The molecule has 0 N–H and O–H groups in total. The molecule has 2 aromatic carbocycles. The highest BCUT2D eigenvalue weighted by atomic mass is 19.4. The number of nitrogens with zero attached hydrogens (tertiary/aromatic N) is 5. The van der Waals surface area contributed by atoms with Gasteiger partial charge in [0.1, 0.15) is 18.6 Å². The summed E-state index contributed by atoms with van der Waals surface area (Å²) in [4.78, 5) is 18.7. The van der Waals surface area contributed by atoms with Gasteiger partial charge in [-0.25, -0.2) is 0 Å². The van der Waals surface area contributed by atoms with Gasteiger partial charge in [0.05, 0.1) is 12.1 Å². The van der Waals surface area contributed by atoms with Crippen molar-refractivity contribution in [2.75, 3.05) is 37.7 Å². The van der Waals surface area contributed by atoms with Gasteiger partial charge in [0.2, 0.25) is 0 Å². The summed E-state index contributed by atoms with van der Waals surface area (Å²) in [5.74, 6) is 0.444. The number of piperazine rings is 1. The van der Waals surface area contributed by atoms with Gasteiger partial charge in [0.15, 0.2) is 5.60 Å². The molecule has 1 saturated heterocycles. The third-order valence-electron chi connectivity index (χ3n) is 6.56. The maximum absolute atomic E-state index is 12.8. The van der Waals surface area contributed by atoms with Crippen LogP contribution in [0.25, 0.3) is 0 Å². The minimum Gasteiger partial charge on any atom is -0.489 e. The maximum Gasteiger partial charge on any atom is 0.416 e. The van der Waals surface area contributed by atoms with Gasteiger partial charge < -0.3 is 24.5 Å². The second-order valence-corrected chi connectivity index (χ2v) is 9.56. The van der Waals surface area contributed by atoms with E-state index in [4.69, 9.17) is 9.47 Å². The van der Waals surface area contributed by atoms with Crippen LogP contribution < -0.4 is 14.4 Å². The number of anilines is 1. The molecule has 0 amide bonds. The number of hydrogen-bond acceptors (Lipinski definition) is 7. The van der Waals surface area contributed by atoms with Crippen LogP contribution in [0.4, 0.5) is 24.7 Å². The largest absolute Gasteiger partial charge is 0.489 e. The Morgan fingerprint density at radius 2 is 1.76 bits per heavy atom. The predicted molar refractivity (Wildman–Crippen MR) is 129 cm³/mol. The lowest BCUT2D eigenvalue weighted by Gasteiger charge is -2.36. The minimum atomic E-state index is -4.32. The Morgan fingerprint density at radius 1 is 1.08 bits per heavy atom. The van der Waals surface area contributed by atoms with Crippen LogP contribution in [0.1, 0.15) is 18.1 Å². The molecule has 0 radical (unpaired) electrons. The van der Waals surface area contributed by atoms with Gasteiger partial charge in [-0.1, -0.05) is 12.1 Å². The molecule has 1 atom stereocenters. The van der Waals surface area contributed by atoms with Gasteiger partial charge in [-0.05, 0) is 53.8 Å². The molecule has 0 aliphatic carbocycles. The molecule has 2 aliphatic heterocycles. The Bertz CT molecular complexity index is 1230. The molecule has 3 aromatic rings. The quantitative estimate of drug-likeness (QED) is 0.340. The summed E-state index contributed by atoms with van der Waals surface area (Å²) in [5.41, 5.74) is 0.623. The van der Waals surface area contributed by atoms with Crippen LogP contribution in [0.2, 0.25) is 0 Å². The summed E-state index contributed by atoms with van der Waals surface area (Å²) in [6.45, 7) is 6.38. The lowest BCUT2D eigenvalue weighted by molar-refractivity contribution is -0.389. The standard InChI is InChI=1S/C25H26F3N5O4/c1-24(16-32-15-22(33(34)35)29-23(32)37-24)17-36-21-8-6-20(7-9-21)31-12-10-30(11-13-31)14-18-2-4-19(5-3-18)25(26,27)28/h2-9,15H,10-14,16-17H2,1H3. The summed E-state index contributed by atoms with van der Waals surface area (Å²) >= 11 is 0. The second kappa shape index (κ2) is 9.58. The van der Waals surface area contributed by atoms with Gasteiger partial charge >= 0.3 is 18.0 Å². The molecule has 37 heavy (non-hydrogen) atoms. The second-order valence-electron chi connectivity index (χ2n) is 9.56. The minimum absolute atomic E-state index is 0.214. The van der Waals surface area contributed by atoms with Gasteiger partial charge in [0.25, 0.3) is 0 Å². The van der Waals surface area contributed by atoms with Crippen LogP contribution in [0.5, 0.6) is 11.8 Å².